The molecule has 0 aliphatic carbocycles. The van der Waals surface area contributed by atoms with Crippen molar-refractivity contribution in [2.45, 2.75) is 19.6 Å². The third-order valence-corrected chi connectivity index (χ3v) is 2.52. The Morgan fingerprint density at radius 2 is 2.29 bits per heavy atom. The van der Waals surface area contributed by atoms with Gasteiger partial charge >= 0.3 is 0 Å². The lowest BCUT2D eigenvalue weighted by atomic mass is 10.2. The standard InChI is InChI=1S/C12H16NO/c1-11-9-13(7-8-14-11)10-12-5-3-2-4-6-12/h3-6,11H,7-10H2,1H3. The van der Waals surface area contributed by atoms with Crippen molar-refractivity contribution in [1.82, 2.24) is 4.90 Å². The molecule has 1 radical (unpaired) electrons. The van der Waals surface area contributed by atoms with Gasteiger partial charge in [0, 0.05) is 19.6 Å². The predicted octanol–water partition coefficient (Wildman–Crippen LogP) is 1.71. The minimum absolute atomic E-state index is 0.374. The van der Waals surface area contributed by atoms with Crippen LogP contribution >= 0.6 is 0 Å². The summed E-state index contributed by atoms with van der Waals surface area (Å²) in [6.07, 6.45) is 0.374. The number of morpholine rings is 1. The zero-order valence-electron chi connectivity index (χ0n) is 8.57. The van der Waals surface area contributed by atoms with Gasteiger partial charge in [0.1, 0.15) is 0 Å². The van der Waals surface area contributed by atoms with E-state index in [9.17, 15) is 0 Å². The highest BCUT2D eigenvalue weighted by molar-refractivity contribution is 5.13. The van der Waals surface area contributed by atoms with Crippen LogP contribution in [0.25, 0.3) is 0 Å². The Morgan fingerprint density at radius 1 is 1.50 bits per heavy atom. The van der Waals surface area contributed by atoms with Crippen LogP contribution in [0.3, 0.4) is 0 Å². The van der Waals surface area contributed by atoms with E-state index >= 15 is 0 Å². The Hall–Kier alpha value is -0.860. The van der Waals surface area contributed by atoms with Crippen molar-refractivity contribution >= 4 is 0 Å². The van der Waals surface area contributed by atoms with Gasteiger partial charge in [-0.25, -0.2) is 0 Å². The summed E-state index contributed by atoms with van der Waals surface area (Å²) in [5, 5.41) is 0. The Bertz CT molecular complexity index is 273. The highest BCUT2D eigenvalue weighted by Gasteiger charge is 2.16. The molecule has 75 valence electrons. The fourth-order valence-corrected chi connectivity index (χ4v) is 1.82. The SMILES string of the molecule is CC1CN(Cc2cc[c]cc2)CCO1. The molecule has 0 saturated carbocycles. The molecule has 0 bridgehead atoms. The lowest BCUT2D eigenvalue weighted by Crippen LogP contribution is -2.40. The minimum Gasteiger partial charge on any atom is -0.376 e. The Kier molecular flexibility index (Phi) is 3.17. The summed E-state index contributed by atoms with van der Waals surface area (Å²) in [5.74, 6) is 0. The van der Waals surface area contributed by atoms with E-state index < -0.39 is 0 Å². The van der Waals surface area contributed by atoms with Crippen molar-refractivity contribution in [3.63, 3.8) is 0 Å². The van der Waals surface area contributed by atoms with E-state index in [0.29, 0.717) is 6.10 Å². The van der Waals surface area contributed by atoms with Gasteiger partial charge in [-0.3, -0.25) is 4.90 Å². The first kappa shape index (κ1) is 9.69. The zero-order chi connectivity index (χ0) is 9.80. The predicted molar refractivity (Wildman–Crippen MR) is 56.0 cm³/mol. The Balaban J connectivity index is 1.91. The molecule has 2 nitrogen and oxygen atoms in total. The second kappa shape index (κ2) is 4.58. The summed E-state index contributed by atoms with van der Waals surface area (Å²) in [6, 6.07) is 11.2. The summed E-state index contributed by atoms with van der Waals surface area (Å²) in [5.41, 5.74) is 1.36. The van der Waals surface area contributed by atoms with Crippen LogP contribution in [-0.4, -0.2) is 30.7 Å². The number of nitrogens with zero attached hydrogens (tertiary/aromatic N) is 1. The molecule has 0 amide bonds. The van der Waals surface area contributed by atoms with Crippen LogP contribution in [0.2, 0.25) is 0 Å². The Labute approximate surface area is 85.5 Å². The van der Waals surface area contributed by atoms with Crippen molar-refractivity contribution in [2.24, 2.45) is 0 Å². The van der Waals surface area contributed by atoms with Crippen molar-refractivity contribution in [1.29, 1.82) is 0 Å². The topological polar surface area (TPSA) is 12.5 Å². The molecule has 2 heteroatoms. The van der Waals surface area contributed by atoms with Crippen molar-refractivity contribution < 1.29 is 4.74 Å². The molecule has 1 atom stereocenters. The van der Waals surface area contributed by atoms with Gasteiger partial charge in [0.15, 0.2) is 0 Å². The summed E-state index contributed by atoms with van der Waals surface area (Å²) in [6.45, 7) is 6.11. The lowest BCUT2D eigenvalue weighted by molar-refractivity contribution is -0.0212. The molecule has 2 rings (SSSR count). The van der Waals surface area contributed by atoms with Gasteiger partial charge in [0.2, 0.25) is 0 Å². The highest BCUT2D eigenvalue weighted by atomic mass is 16.5. The largest absolute Gasteiger partial charge is 0.376 e. The summed E-state index contributed by atoms with van der Waals surface area (Å²) in [7, 11) is 0. The van der Waals surface area contributed by atoms with E-state index in [1.165, 1.54) is 5.56 Å². The van der Waals surface area contributed by atoms with E-state index in [1.807, 2.05) is 12.1 Å². The third-order valence-electron chi connectivity index (χ3n) is 2.52. The van der Waals surface area contributed by atoms with E-state index in [0.717, 1.165) is 26.2 Å². The maximum Gasteiger partial charge on any atom is 0.0674 e. The molecule has 1 aromatic carbocycles. The zero-order valence-corrected chi connectivity index (χ0v) is 8.57. The number of ether oxygens (including phenoxy) is 1. The molecule has 1 fully saturated rings. The van der Waals surface area contributed by atoms with Crippen LogP contribution in [0.4, 0.5) is 0 Å². The van der Waals surface area contributed by atoms with Gasteiger partial charge in [0.05, 0.1) is 12.7 Å². The lowest BCUT2D eigenvalue weighted by Gasteiger charge is -2.31. The third kappa shape index (κ3) is 2.56. The number of hydrogen-bond donors (Lipinski definition) is 0. The maximum atomic E-state index is 5.50. The van der Waals surface area contributed by atoms with Gasteiger partial charge in [-0.2, -0.15) is 0 Å². The van der Waals surface area contributed by atoms with Gasteiger partial charge in [-0.15, -0.1) is 0 Å². The first-order chi connectivity index (χ1) is 6.84. The quantitative estimate of drug-likeness (QED) is 0.704. The molecule has 14 heavy (non-hydrogen) atoms. The fourth-order valence-electron chi connectivity index (χ4n) is 1.82. The normalized spacial score (nSPS) is 23.6. The minimum atomic E-state index is 0.374. The van der Waals surface area contributed by atoms with Crippen LogP contribution in [0.5, 0.6) is 0 Å². The van der Waals surface area contributed by atoms with Crippen LogP contribution < -0.4 is 0 Å². The molecule has 1 saturated heterocycles. The summed E-state index contributed by atoms with van der Waals surface area (Å²) < 4.78 is 5.50. The average molecular weight is 190 g/mol. The van der Waals surface area contributed by atoms with Gasteiger partial charge in [0.25, 0.3) is 0 Å². The number of benzene rings is 1. The van der Waals surface area contributed by atoms with Gasteiger partial charge in [-0.05, 0) is 18.6 Å². The van der Waals surface area contributed by atoms with E-state index in [4.69, 9.17) is 4.74 Å². The first-order valence-corrected chi connectivity index (χ1v) is 5.13. The molecular weight excluding hydrogens is 174 g/mol. The van der Waals surface area contributed by atoms with E-state index in [2.05, 4.69) is 30.0 Å². The average Bonchev–Trinajstić information content (AvgIpc) is 2.19. The van der Waals surface area contributed by atoms with Crippen molar-refractivity contribution in [2.75, 3.05) is 19.7 Å². The molecule has 1 aromatic rings. The summed E-state index contributed by atoms with van der Waals surface area (Å²) >= 11 is 0. The smallest absolute Gasteiger partial charge is 0.0674 e. The van der Waals surface area contributed by atoms with Crippen LogP contribution in [-0.2, 0) is 11.3 Å². The highest BCUT2D eigenvalue weighted by Crippen LogP contribution is 2.09. The van der Waals surface area contributed by atoms with Crippen LogP contribution in [0.15, 0.2) is 24.3 Å². The van der Waals surface area contributed by atoms with Crippen molar-refractivity contribution in [3.05, 3.63) is 35.9 Å². The first-order valence-electron chi connectivity index (χ1n) is 5.13. The molecule has 1 aliphatic rings. The maximum absolute atomic E-state index is 5.50. The van der Waals surface area contributed by atoms with E-state index in [-0.39, 0.29) is 0 Å². The Morgan fingerprint density at radius 3 is 3.00 bits per heavy atom. The monoisotopic (exact) mass is 190 g/mol. The molecule has 0 spiro atoms. The molecule has 1 heterocycles. The second-order valence-electron chi connectivity index (χ2n) is 3.82. The van der Waals surface area contributed by atoms with Gasteiger partial charge < -0.3 is 4.74 Å². The summed E-state index contributed by atoms with van der Waals surface area (Å²) in [4.78, 5) is 2.43. The number of hydrogen-bond acceptors (Lipinski definition) is 2. The van der Waals surface area contributed by atoms with E-state index in [1.54, 1.807) is 0 Å². The van der Waals surface area contributed by atoms with Crippen molar-refractivity contribution in [3.8, 4) is 0 Å². The fraction of sp³-hybridized carbons (Fsp3) is 0.500. The number of rotatable bonds is 2. The molecule has 1 unspecified atom stereocenters. The molecule has 0 N–H and O–H groups in total. The molecule has 0 aromatic heterocycles. The van der Waals surface area contributed by atoms with Gasteiger partial charge in [-0.1, -0.05) is 24.3 Å². The van der Waals surface area contributed by atoms with Crippen LogP contribution in [0, 0.1) is 6.07 Å². The van der Waals surface area contributed by atoms with Crippen LogP contribution in [0.1, 0.15) is 12.5 Å². The molecule has 1 aliphatic heterocycles. The molecular formula is C12H16NO. The second-order valence-corrected chi connectivity index (χ2v) is 3.82.